The number of rotatable bonds is 8. The Balaban J connectivity index is 1.52. The van der Waals surface area contributed by atoms with Gasteiger partial charge in [-0.05, 0) is 49.2 Å². The Morgan fingerprint density at radius 1 is 1.10 bits per heavy atom. The second-order valence-corrected chi connectivity index (χ2v) is 10.4. The van der Waals surface area contributed by atoms with Crippen LogP contribution in [0, 0.1) is 0 Å². The van der Waals surface area contributed by atoms with Crippen LogP contribution in [0.5, 0.6) is 0 Å². The summed E-state index contributed by atoms with van der Waals surface area (Å²) in [5.74, 6) is 0. The number of hydrogen-bond donors (Lipinski definition) is 2. The zero-order valence-corrected chi connectivity index (χ0v) is 18.7. The summed E-state index contributed by atoms with van der Waals surface area (Å²) in [4.78, 5) is 4.73. The first-order valence-electron chi connectivity index (χ1n) is 9.96. The molecule has 0 saturated carbocycles. The highest BCUT2D eigenvalue weighted by molar-refractivity contribution is 7.90. The molecule has 9 heteroatoms. The first-order chi connectivity index (χ1) is 14.3. The van der Waals surface area contributed by atoms with E-state index in [0.717, 1.165) is 39.1 Å². The van der Waals surface area contributed by atoms with E-state index in [9.17, 15) is 17.7 Å². The van der Waals surface area contributed by atoms with Gasteiger partial charge in [-0.2, -0.15) is 0 Å². The van der Waals surface area contributed by atoms with Crippen LogP contribution in [0.25, 0.3) is 0 Å². The quantitative estimate of drug-likeness (QED) is 0.633. The molecule has 1 saturated heterocycles. The summed E-state index contributed by atoms with van der Waals surface area (Å²) >= 11 is 0. The molecule has 1 fully saturated rings. The van der Waals surface area contributed by atoms with Crippen molar-refractivity contribution >= 4 is 26.5 Å². The van der Waals surface area contributed by atoms with Crippen LogP contribution < -0.4 is 10.0 Å². The third-order valence-electron chi connectivity index (χ3n) is 5.41. The molecule has 0 amide bonds. The molecule has 0 aromatic heterocycles. The SMILES string of the molecule is CS(=O)c1ccc(C(O)CCCN2CCN(c3ccccc3)CC2)cc1S(N)(=O)=O. The third-order valence-corrected chi connectivity index (χ3v) is 7.47. The molecule has 3 rings (SSSR count). The number of hydrogen-bond acceptors (Lipinski definition) is 6. The van der Waals surface area contributed by atoms with Crippen molar-refractivity contribution in [3.8, 4) is 0 Å². The molecule has 0 aliphatic carbocycles. The minimum Gasteiger partial charge on any atom is -0.388 e. The highest BCUT2D eigenvalue weighted by Crippen LogP contribution is 2.26. The Hall–Kier alpha value is -1.78. The topological polar surface area (TPSA) is 104 Å². The van der Waals surface area contributed by atoms with Crippen LogP contribution >= 0.6 is 0 Å². The van der Waals surface area contributed by atoms with Gasteiger partial charge in [0.2, 0.25) is 10.0 Å². The van der Waals surface area contributed by atoms with Crippen LogP contribution in [0.1, 0.15) is 24.5 Å². The van der Waals surface area contributed by atoms with Crippen molar-refractivity contribution in [1.82, 2.24) is 4.90 Å². The number of aliphatic hydroxyl groups is 1. The fourth-order valence-corrected chi connectivity index (χ4v) is 5.69. The van der Waals surface area contributed by atoms with Crippen molar-refractivity contribution in [2.75, 3.05) is 43.9 Å². The molecule has 3 N–H and O–H groups in total. The van der Waals surface area contributed by atoms with E-state index in [0.29, 0.717) is 12.0 Å². The molecule has 2 aromatic carbocycles. The molecule has 2 aromatic rings. The molecule has 2 atom stereocenters. The van der Waals surface area contributed by atoms with Crippen LogP contribution in [0.3, 0.4) is 0 Å². The van der Waals surface area contributed by atoms with Gasteiger partial charge in [-0.3, -0.25) is 9.11 Å². The standard InChI is InChI=1S/C21H29N3O4S2/c1-29(26)20-10-9-17(16-21(20)30(22,27)28)19(25)8-5-11-23-12-14-24(15-13-23)18-6-3-2-4-7-18/h2-4,6-7,9-10,16,19,25H,5,8,11-15H2,1H3,(H2,22,27,28). The van der Waals surface area contributed by atoms with Gasteiger partial charge < -0.3 is 10.0 Å². The molecular weight excluding hydrogens is 422 g/mol. The second kappa shape index (κ2) is 10.0. The fraction of sp³-hybridized carbons (Fsp3) is 0.429. The van der Waals surface area contributed by atoms with E-state index < -0.39 is 26.9 Å². The first-order valence-corrected chi connectivity index (χ1v) is 13.1. The third kappa shape index (κ3) is 5.89. The molecule has 30 heavy (non-hydrogen) atoms. The molecule has 1 heterocycles. The predicted molar refractivity (Wildman–Crippen MR) is 119 cm³/mol. The Bertz CT molecular complexity index is 975. The minimum atomic E-state index is -4.02. The van der Waals surface area contributed by atoms with Crippen molar-refractivity contribution < 1.29 is 17.7 Å². The van der Waals surface area contributed by atoms with E-state index in [1.54, 1.807) is 6.07 Å². The van der Waals surface area contributed by atoms with Crippen LogP contribution in [-0.2, 0) is 20.8 Å². The maximum Gasteiger partial charge on any atom is 0.239 e. The summed E-state index contributed by atoms with van der Waals surface area (Å²) in [5.41, 5.74) is 1.72. The zero-order valence-electron chi connectivity index (χ0n) is 17.1. The molecule has 1 aliphatic heterocycles. The van der Waals surface area contributed by atoms with Crippen LogP contribution in [-0.4, -0.2) is 61.6 Å². The average Bonchev–Trinajstić information content (AvgIpc) is 2.73. The van der Waals surface area contributed by atoms with Gasteiger partial charge in [-0.25, -0.2) is 13.6 Å². The zero-order chi connectivity index (χ0) is 21.7. The van der Waals surface area contributed by atoms with E-state index in [1.165, 1.54) is 24.1 Å². The summed E-state index contributed by atoms with van der Waals surface area (Å²) in [5, 5.41) is 15.8. The van der Waals surface area contributed by atoms with Crippen molar-refractivity contribution in [2.24, 2.45) is 5.14 Å². The lowest BCUT2D eigenvalue weighted by Gasteiger charge is -2.36. The average molecular weight is 452 g/mol. The van der Waals surface area contributed by atoms with Crippen molar-refractivity contribution in [3.05, 3.63) is 54.1 Å². The van der Waals surface area contributed by atoms with Gasteiger partial charge >= 0.3 is 0 Å². The van der Waals surface area contributed by atoms with Crippen molar-refractivity contribution in [3.63, 3.8) is 0 Å². The number of nitrogens with zero attached hydrogens (tertiary/aromatic N) is 2. The van der Waals surface area contributed by atoms with Gasteiger partial charge in [0.25, 0.3) is 0 Å². The van der Waals surface area contributed by atoms with Crippen molar-refractivity contribution in [1.29, 1.82) is 0 Å². The molecular formula is C21H29N3O4S2. The molecule has 0 spiro atoms. The van der Waals surface area contributed by atoms with E-state index in [1.807, 2.05) is 6.07 Å². The number of para-hydroxylation sites is 1. The molecule has 0 radical (unpaired) electrons. The maximum atomic E-state index is 11.8. The summed E-state index contributed by atoms with van der Waals surface area (Å²) in [6.45, 7) is 4.76. The van der Waals surface area contributed by atoms with Gasteiger partial charge in [-0.15, -0.1) is 0 Å². The molecule has 164 valence electrons. The minimum absolute atomic E-state index is 0.157. The number of anilines is 1. The number of nitrogens with two attached hydrogens (primary N) is 1. The van der Waals surface area contributed by atoms with Crippen LogP contribution in [0.4, 0.5) is 5.69 Å². The highest BCUT2D eigenvalue weighted by atomic mass is 32.2. The molecule has 7 nitrogen and oxygen atoms in total. The van der Waals surface area contributed by atoms with Gasteiger partial charge in [0.1, 0.15) is 0 Å². The summed E-state index contributed by atoms with van der Waals surface area (Å²) < 4.78 is 35.4. The molecule has 1 aliphatic rings. The Morgan fingerprint density at radius 3 is 2.37 bits per heavy atom. The Kier molecular flexibility index (Phi) is 7.65. The van der Waals surface area contributed by atoms with E-state index in [-0.39, 0.29) is 9.79 Å². The van der Waals surface area contributed by atoms with Gasteiger partial charge in [0.15, 0.2) is 0 Å². The lowest BCUT2D eigenvalue weighted by atomic mass is 10.0. The fourth-order valence-electron chi connectivity index (χ4n) is 3.74. The van der Waals surface area contributed by atoms with E-state index >= 15 is 0 Å². The largest absolute Gasteiger partial charge is 0.388 e. The lowest BCUT2D eigenvalue weighted by molar-refractivity contribution is 0.153. The van der Waals surface area contributed by atoms with Gasteiger partial charge in [-0.1, -0.05) is 24.3 Å². The number of benzene rings is 2. The monoisotopic (exact) mass is 451 g/mol. The lowest BCUT2D eigenvalue weighted by Crippen LogP contribution is -2.46. The van der Waals surface area contributed by atoms with E-state index in [2.05, 4.69) is 34.1 Å². The highest BCUT2D eigenvalue weighted by Gasteiger charge is 2.20. The van der Waals surface area contributed by atoms with Gasteiger partial charge in [0.05, 0.1) is 26.7 Å². The Morgan fingerprint density at radius 2 is 1.77 bits per heavy atom. The number of primary sulfonamides is 1. The Labute approximate surface area is 181 Å². The molecule has 2 unspecified atom stereocenters. The smallest absolute Gasteiger partial charge is 0.239 e. The molecule has 0 bridgehead atoms. The first kappa shape index (κ1) is 22.9. The predicted octanol–water partition coefficient (Wildman–Crippen LogP) is 1.71. The summed E-state index contributed by atoms with van der Waals surface area (Å²) in [6.07, 6.45) is 1.91. The van der Waals surface area contributed by atoms with Crippen LogP contribution in [0.15, 0.2) is 58.3 Å². The number of sulfonamides is 1. The van der Waals surface area contributed by atoms with Crippen LogP contribution in [0.2, 0.25) is 0 Å². The normalized spacial score (nSPS) is 17.6. The summed E-state index contributed by atoms with van der Waals surface area (Å²) in [6, 6.07) is 14.8. The number of aliphatic hydroxyl groups excluding tert-OH is 1. The maximum absolute atomic E-state index is 11.8. The van der Waals surface area contributed by atoms with E-state index in [4.69, 9.17) is 5.14 Å². The summed E-state index contributed by atoms with van der Waals surface area (Å²) in [7, 11) is -5.50. The second-order valence-electron chi connectivity index (χ2n) is 7.53. The van der Waals surface area contributed by atoms with Gasteiger partial charge in [0, 0.05) is 38.1 Å². The van der Waals surface area contributed by atoms with Crippen molar-refractivity contribution in [2.45, 2.75) is 28.7 Å². The number of piperazine rings is 1.